The monoisotopic (exact) mass is 245 g/mol. The first-order valence-corrected chi connectivity index (χ1v) is 7.53. The zero-order valence-corrected chi connectivity index (χ0v) is 11.9. The molecule has 1 heteroatoms. The molecule has 18 heavy (non-hydrogen) atoms. The van der Waals surface area contributed by atoms with Crippen LogP contribution in [0.5, 0.6) is 0 Å². The molecule has 1 aliphatic rings. The van der Waals surface area contributed by atoms with Crippen LogP contribution in [0, 0.1) is 11.8 Å². The molecule has 1 N–H and O–H groups in total. The van der Waals surface area contributed by atoms with Gasteiger partial charge in [0.05, 0.1) is 0 Å². The Morgan fingerprint density at radius 3 is 2.67 bits per heavy atom. The van der Waals surface area contributed by atoms with Gasteiger partial charge in [-0.05, 0) is 50.1 Å². The van der Waals surface area contributed by atoms with Gasteiger partial charge in [0, 0.05) is 6.04 Å². The number of hydrogen-bond acceptors (Lipinski definition) is 1. The molecule has 0 spiro atoms. The minimum Gasteiger partial charge on any atom is -0.314 e. The molecule has 0 heterocycles. The Labute approximate surface area is 112 Å². The van der Waals surface area contributed by atoms with Crippen molar-refractivity contribution in [1.82, 2.24) is 5.32 Å². The largest absolute Gasteiger partial charge is 0.314 e. The van der Waals surface area contributed by atoms with Crippen LogP contribution in [0.25, 0.3) is 0 Å². The summed E-state index contributed by atoms with van der Waals surface area (Å²) in [6.07, 6.45) is 6.73. The summed E-state index contributed by atoms with van der Waals surface area (Å²) in [6.45, 7) is 5.95. The highest BCUT2D eigenvalue weighted by Gasteiger charge is 2.23. The van der Waals surface area contributed by atoms with E-state index >= 15 is 0 Å². The van der Waals surface area contributed by atoms with Gasteiger partial charge in [-0.3, -0.25) is 0 Å². The third-order valence-corrected chi connectivity index (χ3v) is 4.48. The molecule has 3 atom stereocenters. The first kappa shape index (κ1) is 13.6. The van der Waals surface area contributed by atoms with E-state index in [1.807, 2.05) is 0 Å². The fourth-order valence-electron chi connectivity index (χ4n) is 3.01. The Morgan fingerprint density at radius 2 is 2.00 bits per heavy atom. The quantitative estimate of drug-likeness (QED) is 0.798. The molecule has 0 aromatic heterocycles. The van der Waals surface area contributed by atoms with Gasteiger partial charge in [0.15, 0.2) is 0 Å². The van der Waals surface area contributed by atoms with E-state index in [1.165, 1.54) is 44.2 Å². The maximum Gasteiger partial charge on any atom is 0.00420 e. The lowest BCUT2D eigenvalue weighted by atomic mass is 9.97. The minimum absolute atomic E-state index is 0.637. The molecular weight excluding hydrogens is 218 g/mol. The normalized spacial score (nSPS) is 25.2. The van der Waals surface area contributed by atoms with Crippen molar-refractivity contribution in [2.75, 3.05) is 6.54 Å². The second-order valence-corrected chi connectivity index (χ2v) is 6.00. The van der Waals surface area contributed by atoms with Crippen molar-refractivity contribution in [1.29, 1.82) is 0 Å². The molecule has 0 amide bonds. The summed E-state index contributed by atoms with van der Waals surface area (Å²) in [5.74, 6) is 1.85. The standard InChI is InChI=1S/C17H27N/c1-14-7-6-10-17(14)13-18-15(2)11-12-16-8-4-3-5-9-16/h3-5,8-9,14-15,17-18H,6-7,10-13H2,1-2H3. The number of benzene rings is 1. The summed E-state index contributed by atoms with van der Waals surface area (Å²) in [4.78, 5) is 0. The van der Waals surface area contributed by atoms with Crippen LogP contribution < -0.4 is 5.32 Å². The van der Waals surface area contributed by atoms with E-state index in [9.17, 15) is 0 Å². The molecule has 100 valence electrons. The van der Waals surface area contributed by atoms with E-state index in [4.69, 9.17) is 0 Å². The van der Waals surface area contributed by atoms with Gasteiger partial charge in [-0.25, -0.2) is 0 Å². The fourth-order valence-corrected chi connectivity index (χ4v) is 3.01. The summed E-state index contributed by atoms with van der Waals surface area (Å²) in [5, 5.41) is 3.73. The topological polar surface area (TPSA) is 12.0 Å². The predicted octanol–water partition coefficient (Wildman–Crippen LogP) is 4.03. The lowest BCUT2D eigenvalue weighted by molar-refractivity contribution is 0.366. The third kappa shape index (κ3) is 4.13. The van der Waals surface area contributed by atoms with E-state index in [1.54, 1.807) is 0 Å². The van der Waals surface area contributed by atoms with Gasteiger partial charge in [0.25, 0.3) is 0 Å². The van der Waals surface area contributed by atoms with Gasteiger partial charge in [0.2, 0.25) is 0 Å². The molecule has 3 unspecified atom stereocenters. The van der Waals surface area contributed by atoms with E-state index in [0.29, 0.717) is 6.04 Å². The molecule has 1 aromatic rings. The summed E-state index contributed by atoms with van der Waals surface area (Å²) < 4.78 is 0. The maximum absolute atomic E-state index is 3.73. The van der Waals surface area contributed by atoms with Crippen molar-refractivity contribution >= 4 is 0 Å². The van der Waals surface area contributed by atoms with E-state index < -0.39 is 0 Å². The van der Waals surface area contributed by atoms with Crippen molar-refractivity contribution in [3.63, 3.8) is 0 Å². The SMILES string of the molecule is CC(CCc1ccccc1)NCC1CCCC1C. The van der Waals surface area contributed by atoms with Crippen LogP contribution in [0.2, 0.25) is 0 Å². The summed E-state index contributed by atoms with van der Waals surface area (Å²) in [5.41, 5.74) is 1.46. The second kappa shape index (κ2) is 6.94. The summed E-state index contributed by atoms with van der Waals surface area (Å²) >= 11 is 0. The highest BCUT2D eigenvalue weighted by Crippen LogP contribution is 2.30. The van der Waals surface area contributed by atoms with Gasteiger partial charge in [-0.15, -0.1) is 0 Å². The van der Waals surface area contributed by atoms with Gasteiger partial charge in [-0.2, -0.15) is 0 Å². The highest BCUT2D eigenvalue weighted by molar-refractivity contribution is 5.14. The number of rotatable bonds is 6. The van der Waals surface area contributed by atoms with Crippen molar-refractivity contribution in [2.24, 2.45) is 11.8 Å². The molecule has 0 saturated heterocycles. The Bertz CT molecular complexity index is 333. The average Bonchev–Trinajstić information content (AvgIpc) is 2.81. The zero-order chi connectivity index (χ0) is 12.8. The lowest BCUT2D eigenvalue weighted by Gasteiger charge is -2.20. The molecule has 1 aromatic carbocycles. The van der Waals surface area contributed by atoms with Gasteiger partial charge in [0.1, 0.15) is 0 Å². The molecule has 1 saturated carbocycles. The van der Waals surface area contributed by atoms with Gasteiger partial charge >= 0.3 is 0 Å². The summed E-state index contributed by atoms with van der Waals surface area (Å²) in [6, 6.07) is 11.4. The van der Waals surface area contributed by atoms with Crippen LogP contribution in [-0.2, 0) is 6.42 Å². The van der Waals surface area contributed by atoms with Crippen LogP contribution in [0.4, 0.5) is 0 Å². The Balaban J connectivity index is 1.64. The Kier molecular flexibility index (Phi) is 5.25. The van der Waals surface area contributed by atoms with Crippen LogP contribution in [-0.4, -0.2) is 12.6 Å². The van der Waals surface area contributed by atoms with Crippen molar-refractivity contribution in [3.8, 4) is 0 Å². The number of nitrogens with one attached hydrogen (secondary N) is 1. The van der Waals surface area contributed by atoms with Crippen molar-refractivity contribution in [3.05, 3.63) is 35.9 Å². The third-order valence-electron chi connectivity index (χ3n) is 4.48. The fraction of sp³-hybridized carbons (Fsp3) is 0.647. The van der Waals surface area contributed by atoms with Gasteiger partial charge in [-0.1, -0.05) is 50.1 Å². The minimum atomic E-state index is 0.637. The van der Waals surface area contributed by atoms with Crippen LogP contribution >= 0.6 is 0 Å². The first-order chi connectivity index (χ1) is 8.75. The second-order valence-electron chi connectivity index (χ2n) is 6.00. The molecule has 0 bridgehead atoms. The van der Waals surface area contributed by atoms with Gasteiger partial charge < -0.3 is 5.32 Å². The van der Waals surface area contributed by atoms with E-state index in [-0.39, 0.29) is 0 Å². The van der Waals surface area contributed by atoms with Crippen LogP contribution in [0.1, 0.15) is 45.1 Å². The molecule has 1 aliphatic carbocycles. The summed E-state index contributed by atoms with van der Waals surface area (Å²) in [7, 11) is 0. The lowest BCUT2D eigenvalue weighted by Crippen LogP contribution is -2.32. The van der Waals surface area contributed by atoms with E-state index in [0.717, 1.165) is 11.8 Å². The molecule has 1 nitrogen and oxygen atoms in total. The number of hydrogen-bond donors (Lipinski definition) is 1. The maximum atomic E-state index is 3.73. The number of aryl methyl sites for hydroxylation is 1. The zero-order valence-electron chi connectivity index (χ0n) is 11.9. The first-order valence-electron chi connectivity index (χ1n) is 7.53. The molecular formula is C17H27N. The molecule has 1 fully saturated rings. The average molecular weight is 245 g/mol. The van der Waals surface area contributed by atoms with Crippen LogP contribution in [0.3, 0.4) is 0 Å². The smallest absolute Gasteiger partial charge is 0.00420 e. The highest BCUT2D eigenvalue weighted by atomic mass is 14.9. The Morgan fingerprint density at radius 1 is 1.22 bits per heavy atom. The predicted molar refractivity (Wildman–Crippen MR) is 78.7 cm³/mol. The van der Waals surface area contributed by atoms with E-state index in [2.05, 4.69) is 49.5 Å². The molecule has 0 radical (unpaired) electrons. The van der Waals surface area contributed by atoms with Crippen molar-refractivity contribution < 1.29 is 0 Å². The van der Waals surface area contributed by atoms with Crippen molar-refractivity contribution in [2.45, 2.75) is 52.0 Å². The van der Waals surface area contributed by atoms with Crippen LogP contribution in [0.15, 0.2) is 30.3 Å². The Hall–Kier alpha value is -0.820. The molecule has 2 rings (SSSR count). The molecule has 0 aliphatic heterocycles.